The fraction of sp³-hybridized carbons (Fsp3) is 0.217. The molecule has 0 radical (unpaired) electrons. The molecule has 0 aliphatic rings. The summed E-state index contributed by atoms with van der Waals surface area (Å²) in [5.74, 6) is -0.931. The Hall–Kier alpha value is -3.52. The number of nitrogens with one attached hydrogen (secondary N) is 1. The summed E-state index contributed by atoms with van der Waals surface area (Å²) in [5, 5.41) is 13.4. The van der Waals surface area contributed by atoms with E-state index in [1.54, 1.807) is 37.6 Å². The van der Waals surface area contributed by atoms with E-state index in [4.69, 9.17) is 9.84 Å². The zero-order valence-corrected chi connectivity index (χ0v) is 18.2. The van der Waals surface area contributed by atoms with Crippen LogP contribution >= 0.6 is 11.3 Å². The van der Waals surface area contributed by atoms with Crippen molar-refractivity contribution in [2.24, 2.45) is 5.41 Å². The van der Waals surface area contributed by atoms with Crippen molar-refractivity contribution in [2.75, 3.05) is 11.9 Å². The molecule has 0 bridgehead atoms. The molecule has 4 rings (SSSR count). The van der Waals surface area contributed by atoms with Gasteiger partial charge in [0.25, 0.3) is 0 Å². The second-order valence-corrected chi connectivity index (χ2v) is 8.90. The van der Waals surface area contributed by atoms with Crippen molar-refractivity contribution in [1.29, 1.82) is 0 Å². The number of carbonyl (C=O) groups is 1. The highest BCUT2D eigenvalue weighted by Gasteiger charge is 2.28. The van der Waals surface area contributed by atoms with Crippen molar-refractivity contribution in [1.82, 2.24) is 15.0 Å². The molecular weight excluding hydrogens is 412 g/mol. The Morgan fingerprint density at radius 2 is 1.87 bits per heavy atom. The van der Waals surface area contributed by atoms with Crippen molar-refractivity contribution < 1.29 is 14.6 Å². The highest BCUT2D eigenvalue weighted by Crippen LogP contribution is 2.31. The monoisotopic (exact) mass is 434 g/mol. The summed E-state index contributed by atoms with van der Waals surface area (Å²) >= 11 is 1.62. The lowest BCUT2D eigenvalue weighted by atomic mass is 9.95. The molecule has 0 atom stereocenters. The summed E-state index contributed by atoms with van der Waals surface area (Å²) in [5.41, 5.74) is 3.85. The van der Waals surface area contributed by atoms with Crippen LogP contribution in [0.25, 0.3) is 21.3 Å². The molecule has 0 aliphatic carbocycles. The molecule has 31 heavy (non-hydrogen) atoms. The van der Waals surface area contributed by atoms with Crippen LogP contribution in [0.5, 0.6) is 6.01 Å². The van der Waals surface area contributed by atoms with Crippen molar-refractivity contribution in [3.63, 3.8) is 0 Å². The minimum absolute atomic E-state index is 0.00702. The minimum atomic E-state index is -1.01. The number of ether oxygens (including phenoxy) is 1. The van der Waals surface area contributed by atoms with Gasteiger partial charge in [0.2, 0.25) is 0 Å². The van der Waals surface area contributed by atoms with Crippen molar-refractivity contribution in [2.45, 2.75) is 20.8 Å². The van der Waals surface area contributed by atoms with E-state index in [1.807, 2.05) is 37.3 Å². The molecule has 2 N–H and O–H groups in total. The van der Waals surface area contributed by atoms with Crippen LogP contribution in [-0.4, -0.2) is 32.6 Å². The van der Waals surface area contributed by atoms with Gasteiger partial charge >= 0.3 is 12.0 Å². The summed E-state index contributed by atoms with van der Waals surface area (Å²) in [6.07, 6.45) is 3.34. The first-order valence-electron chi connectivity index (χ1n) is 9.74. The second-order valence-electron chi connectivity index (χ2n) is 7.87. The lowest BCUT2D eigenvalue weighted by Gasteiger charge is -2.18. The largest absolute Gasteiger partial charge is 0.481 e. The van der Waals surface area contributed by atoms with E-state index in [-0.39, 0.29) is 12.6 Å². The number of hydrogen-bond acceptors (Lipinski definition) is 7. The average Bonchev–Trinajstić information content (AvgIpc) is 3.16. The van der Waals surface area contributed by atoms with E-state index in [2.05, 4.69) is 32.4 Å². The highest BCUT2D eigenvalue weighted by atomic mass is 32.1. The zero-order chi connectivity index (χ0) is 22.0. The molecule has 0 spiro atoms. The van der Waals surface area contributed by atoms with Gasteiger partial charge in [-0.05, 0) is 56.2 Å². The molecule has 4 aromatic rings. The number of fused-ring (bicyclic) bond motifs is 1. The van der Waals surface area contributed by atoms with Crippen molar-refractivity contribution in [3.8, 4) is 17.1 Å². The number of aryl methyl sites for hydroxylation is 1. The van der Waals surface area contributed by atoms with Gasteiger partial charge < -0.3 is 15.2 Å². The second kappa shape index (κ2) is 8.31. The molecule has 0 unspecified atom stereocenters. The maximum atomic E-state index is 11.2. The van der Waals surface area contributed by atoms with Crippen LogP contribution in [0, 0.1) is 12.3 Å². The van der Waals surface area contributed by atoms with Gasteiger partial charge in [0, 0.05) is 23.6 Å². The molecular formula is C23H22N4O3S. The molecule has 2 aromatic heterocycles. The van der Waals surface area contributed by atoms with Crippen molar-refractivity contribution >= 4 is 38.3 Å². The number of aliphatic carboxylic acids is 1. The third kappa shape index (κ3) is 4.64. The zero-order valence-electron chi connectivity index (χ0n) is 17.4. The van der Waals surface area contributed by atoms with Crippen LogP contribution in [0.15, 0.2) is 54.9 Å². The number of carboxylic acids is 1. The van der Waals surface area contributed by atoms with Gasteiger partial charge in [0.05, 0.1) is 15.6 Å². The van der Waals surface area contributed by atoms with Gasteiger partial charge in [-0.15, -0.1) is 0 Å². The lowest BCUT2D eigenvalue weighted by molar-refractivity contribution is -0.148. The third-order valence-corrected chi connectivity index (χ3v) is 5.82. The molecule has 0 aliphatic heterocycles. The predicted molar refractivity (Wildman–Crippen MR) is 122 cm³/mol. The first-order chi connectivity index (χ1) is 14.8. The molecule has 0 saturated heterocycles. The summed E-state index contributed by atoms with van der Waals surface area (Å²) in [6.45, 7) is 5.21. The van der Waals surface area contributed by atoms with Gasteiger partial charge in [-0.1, -0.05) is 29.5 Å². The Bertz CT molecular complexity index is 1200. The topological polar surface area (TPSA) is 97.2 Å². The number of nitrogens with zero attached hydrogens (tertiary/aromatic N) is 3. The molecule has 0 fully saturated rings. The van der Waals surface area contributed by atoms with E-state index in [1.165, 1.54) is 0 Å². The van der Waals surface area contributed by atoms with E-state index in [9.17, 15) is 4.79 Å². The van der Waals surface area contributed by atoms with Crippen LogP contribution < -0.4 is 10.1 Å². The number of aromatic nitrogens is 3. The first kappa shape index (κ1) is 20.7. The van der Waals surface area contributed by atoms with E-state index in [0.717, 1.165) is 37.7 Å². The third-order valence-electron chi connectivity index (χ3n) is 4.86. The van der Waals surface area contributed by atoms with Gasteiger partial charge in [0.15, 0.2) is 5.13 Å². The molecule has 7 nitrogen and oxygen atoms in total. The highest BCUT2D eigenvalue weighted by molar-refractivity contribution is 7.22. The normalized spacial score (nSPS) is 11.5. The lowest BCUT2D eigenvalue weighted by Crippen LogP contribution is -2.31. The van der Waals surface area contributed by atoms with Crippen LogP contribution in [0.1, 0.15) is 19.4 Å². The molecule has 8 heteroatoms. The number of anilines is 2. The van der Waals surface area contributed by atoms with E-state index in [0.29, 0.717) is 0 Å². The summed E-state index contributed by atoms with van der Waals surface area (Å²) < 4.78 is 6.58. The van der Waals surface area contributed by atoms with Crippen LogP contribution in [0.4, 0.5) is 10.8 Å². The Labute approximate surface area is 183 Å². The smallest absolute Gasteiger partial charge is 0.316 e. The average molecular weight is 435 g/mol. The molecule has 2 heterocycles. The fourth-order valence-corrected chi connectivity index (χ4v) is 3.75. The number of carboxylic acid groups (broad SMARTS) is 1. The fourth-order valence-electron chi connectivity index (χ4n) is 2.87. The van der Waals surface area contributed by atoms with Gasteiger partial charge in [-0.3, -0.25) is 4.79 Å². The van der Waals surface area contributed by atoms with Crippen LogP contribution in [0.3, 0.4) is 0 Å². The van der Waals surface area contributed by atoms with Gasteiger partial charge in [0.1, 0.15) is 6.61 Å². The van der Waals surface area contributed by atoms with Gasteiger partial charge in [-0.2, -0.15) is 0 Å². The van der Waals surface area contributed by atoms with E-state index >= 15 is 0 Å². The maximum absolute atomic E-state index is 11.2. The minimum Gasteiger partial charge on any atom is -0.481 e. The number of para-hydroxylation sites is 1. The molecule has 2 aromatic carbocycles. The SMILES string of the molecule is Cc1cc(-c2cnc(OCC(C)(C)C(=O)O)nc2)ccc1Nc1nc2ccccc2s1. The predicted octanol–water partition coefficient (Wildman–Crippen LogP) is 5.29. The summed E-state index contributed by atoms with van der Waals surface area (Å²) in [4.78, 5) is 24.2. The van der Waals surface area contributed by atoms with Crippen LogP contribution in [0.2, 0.25) is 0 Å². The van der Waals surface area contributed by atoms with E-state index < -0.39 is 11.4 Å². The molecule has 158 valence electrons. The first-order valence-corrected chi connectivity index (χ1v) is 10.6. The number of benzene rings is 2. The standard InChI is InChI=1S/C23H22N4O3S/c1-14-10-15(16-11-24-21(25-12-16)30-13-23(2,3)20(28)29)8-9-17(14)26-22-27-18-6-4-5-7-19(18)31-22/h4-12H,13H2,1-3H3,(H,26,27)(H,28,29). The summed E-state index contributed by atoms with van der Waals surface area (Å²) in [7, 11) is 0. The number of thiazole rings is 1. The Morgan fingerprint density at radius 3 is 2.55 bits per heavy atom. The van der Waals surface area contributed by atoms with Crippen LogP contribution in [-0.2, 0) is 4.79 Å². The maximum Gasteiger partial charge on any atom is 0.316 e. The number of hydrogen-bond donors (Lipinski definition) is 2. The molecule has 0 saturated carbocycles. The molecule has 0 amide bonds. The quantitative estimate of drug-likeness (QED) is 0.408. The number of rotatable bonds is 7. The summed E-state index contributed by atoms with van der Waals surface area (Å²) in [6, 6.07) is 14.3. The Morgan fingerprint density at radius 1 is 1.13 bits per heavy atom. The Kier molecular flexibility index (Phi) is 5.56. The van der Waals surface area contributed by atoms with Crippen molar-refractivity contribution in [3.05, 3.63) is 60.4 Å². The Balaban J connectivity index is 1.46. The van der Waals surface area contributed by atoms with Gasteiger partial charge in [-0.25, -0.2) is 15.0 Å².